The van der Waals surface area contributed by atoms with Gasteiger partial charge in [-0.15, -0.1) is 0 Å². The summed E-state index contributed by atoms with van der Waals surface area (Å²) in [5, 5.41) is 5.55. The summed E-state index contributed by atoms with van der Waals surface area (Å²) in [4.78, 5) is 15.9. The highest BCUT2D eigenvalue weighted by Crippen LogP contribution is 2.10. The number of nitrogens with one attached hydrogen (secondary N) is 2. The third-order valence-corrected chi connectivity index (χ3v) is 2.17. The molecule has 0 spiro atoms. The van der Waals surface area contributed by atoms with Crippen molar-refractivity contribution in [2.24, 2.45) is 0 Å². The summed E-state index contributed by atoms with van der Waals surface area (Å²) in [5.41, 5.74) is 0.415. The van der Waals surface area contributed by atoms with Gasteiger partial charge in [0, 0.05) is 19.3 Å². The third-order valence-electron chi connectivity index (χ3n) is 2.17. The van der Waals surface area contributed by atoms with Crippen LogP contribution in [0.5, 0.6) is 0 Å². The molecule has 1 aromatic rings. The molecule has 1 heterocycles. The van der Waals surface area contributed by atoms with Crippen LogP contribution in [-0.2, 0) is 4.74 Å². The summed E-state index contributed by atoms with van der Waals surface area (Å²) in [6, 6.07) is 3.30. The molecule has 0 aliphatic rings. The standard InChI is InChI=1S/C12H17F2N3O2/c1-2-15-11-9(4-3-5-16-11)12(18)17-6-7-19-8-10(13)14/h3-5,10H,2,6-8H2,1H3,(H,15,16)(H,17,18). The minimum absolute atomic E-state index is 0.0485. The van der Waals surface area contributed by atoms with Crippen molar-refractivity contribution in [1.82, 2.24) is 10.3 Å². The minimum atomic E-state index is -2.49. The zero-order valence-electron chi connectivity index (χ0n) is 10.7. The van der Waals surface area contributed by atoms with Gasteiger partial charge < -0.3 is 15.4 Å². The van der Waals surface area contributed by atoms with Gasteiger partial charge >= 0.3 is 0 Å². The Morgan fingerprint density at radius 3 is 3.00 bits per heavy atom. The third kappa shape index (κ3) is 5.60. The number of ether oxygens (including phenoxy) is 1. The van der Waals surface area contributed by atoms with E-state index in [9.17, 15) is 13.6 Å². The van der Waals surface area contributed by atoms with Gasteiger partial charge in [0.15, 0.2) is 0 Å². The zero-order chi connectivity index (χ0) is 14.1. The fourth-order valence-corrected chi connectivity index (χ4v) is 1.40. The lowest BCUT2D eigenvalue weighted by molar-refractivity contribution is 0.0188. The molecule has 0 aromatic carbocycles. The molecule has 0 radical (unpaired) electrons. The highest BCUT2D eigenvalue weighted by Gasteiger charge is 2.11. The summed E-state index contributed by atoms with van der Waals surface area (Å²) >= 11 is 0. The smallest absolute Gasteiger partial charge is 0.261 e. The van der Waals surface area contributed by atoms with Gasteiger partial charge in [0.1, 0.15) is 12.4 Å². The quantitative estimate of drug-likeness (QED) is 0.705. The second-order valence-electron chi connectivity index (χ2n) is 3.65. The van der Waals surface area contributed by atoms with Crippen molar-refractivity contribution in [1.29, 1.82) is 0 Å². The van der Waals surface area contributed by atoms with E-state index in [1.807, 2.05) is 6.92 Å². The molecule has 0 bridgehead atoms. The second kappa shape index (κ2) is 8.36. The van der Waals surface area contributed by atoms with Crippen molar-refractivity contribution in [3.8, 4) is 0 Å². The minimum Gasteiger partial charge on any atom is -0.374 e. The second-order valence-corrected chi connectivity index (χ2v) is 3.65. The fourth-order valence-electron chi connectivity index (χ4n) is 1.40. The van der Waals surface area contributed by atoms with Crippen LogP contribution in [0.15, 0.2) is 18.3 Å². The van der Waals surface area contributed by atoms with Crippen molar-refractivity contribution in [3.05, 3.63) is 23.9 Å². The Labute approximate surface area is 110 Å². The van der Waals surface area contributed by atoms with E-state index < -0.39 is 13.0 Å². The highest BCUT2D eigenvalue weighted by molar-refractivity contribution is 5.98. The number of halogens is 2. The van der Waals surface area contributed by atoms with Crippen LogP contribution in [0, 0.1) is 0 Å². The number of alkyl halides is 2. The lowest BCUT2D eigenvalue weighted by atomic mass is 10.2. The Morgan fingerprint density at radius 1 is 1.53 bits per heavy atom. The van der Waals surface area contributed by atoms with Gasteiger partial charge in [-0.05, 0) is 19.1 Å². The van der Waals surface area contributed by atoms with Crippen LogP contribution < -0.4 is 10.6 Å². The highest BCUT2D eigenvalue weighted by atomic mass is 19.3. The predicted octanol–water partition coefficient (Wildman–Crippen LogP) is 1.52. The van der Waals surface area contributed by atoms with Gasteiger partial charge in [-0.3, -0.25) is 4.79 Å². The van der Waals surface area contributed by atoms with Crippen molar-refractivity contribution in [3.63, 3.8) is 0 Å². The normalized spacial score (nSPS) is 10.5. The monoisotopic (exact) mass is 273 g/mol. The number of hydrogen-bond acceptors (Lipinski definition) is 4. The molecule has 0 aliphatic heterocycles. The predicted molar refractivity (Wildman–Crippen MR) is 67.6 cm³/mol. The number of hydrogen-bond donors (Lipinski definition) is 2. The molecule has 0 fully saturated rings. The van der Waals surface area contributed by atoms with E-state index in [-0.39, 0.29) is 19.1 Å². The van der Waals surface area contributed by atoms with E-state index in [0.29, 0.717) is 17.9 Å². The van der Waals surface area contributed by atoms with Crippen molar-refractivity contribution in [2.45, 2.75) is 13.3 Å². The maximum atomic E-state index is 11.8. The van der Waals surface area contributed by atoms with Gasteiger partial charge in [-0.1, -0.05) is 0 Å². The summed E-state index contributed by atoms with van der Waals surface area (Å²) < 4.78 is 28.3. The number of amides is 1. The molecule has 0 saturated heterocycles. The number of carbonyl (C=O) groups is 1. The fraction of sp³-hybridized carbons (Fsp3) is 0.500. The molecule has 1 amide bonds. The summed E-state index contributed by atoms with van der Waals surface area (Å²) in [5.74, 6) is 0.181. The summed E-state index contributed by atoms with van der Waals surface area (Å²) in [7, 11) is 0. The average Bonchev–Trinajstić information content (AvgIpc) is 2.39. The van der Waals surface area contributed by atoms with Crippen LogP contribution in [-0.4, -0.2) is 43.6 Å². The van der Waals surface area contributed by atoms with Crippen molar-refractivity contribution >= 4 is 11.7 Å². The molecule has 0 unspecified atom stereocenters. The summed E-state index contributed by atoms with van der Waals surface area (Å²) in [6.07, 6.45) is -0.907. The molecule has 1 aromatic heterocycles. The number of anilines is 1. The molecule has 0 atom stereocenters. The largest absolute Gasteiger partial charge is 0.374 e. The van der Waals surface area contributed by atoms with Gasteiger partial charge in [0.2, 0.25) is 0 Å². The first-order valence-corrected chi connectivity index (χ1v) is 5.98. The summed E-state index contributed by atoms with van der Waals surface area (Å²) in [6.45, 7) is 2.15. The van der Waals surface area contributed by atoms with E-state index in [0.717, 1.165) is 0 Å². The SMILES string of the molecule is CCNc1ncccc1C(=O)NCCOCC(F)F. The van der Waals surface area contributed by atoms with Crippen LogP contribution in [0.3, 0.4) is 0 Å². The van der Waals surface area contributed by atoms with E-state index in [4.69, 9.17) is 0 Å². The molecule has 2 N–H and O–H groups in total. The lowest BCUT2D eigenvalue weighted by Crippen LogP contribution is -2.28. The van der Waals surface area contributed by atoms with Crippen LogP contribution in [0.2, 0.25) is 0 Å². The zero-order valence-corrected chi connectivity index (χ0v) is 10.7. The van der Waals surface area contributed by atoms with E-state index in [1.54, 1.807) is 18.3 Å². The Morgan fingerprint density at radius 2 is 2.32 bits per heavy atom. The molecule has 0 saturated carbocycles. The number of nitrogens with zero attached hydrogens (tertiary/aromatic N) is 1. The topological polar surface area (TPSA) is 63.2 Å². The van der Waals surface area contributed by atoms with Gasteiger partial charge in [-0.25, -0.2) is 13.8 Å². The first kappa shape index (κ1) is 15.3. The van der Waals surface area contributed by atoms with Crippen LogP contribution in [0.25, 0.3) is 0 Å². The lowest BCUT2D eigenvalue weighted by Gasteiger charge is -2.10. The average molecular weight is 273 g/mol. The van der Waals surface area contributed by atoms with Crippen LogP contribution in [0.1, 0.15) is 17.3 Å². The van der Waals surface area contributed by atoms with Crippen LogP contribution in [0.4, 0.5) is 14.6 Å². The molecule has 5 nitrogen and oxygen atoms in total. The number of aromatic nitrogens is 1. The van der Waals surface area contributed by atoms with Gasteiger partial charge in [0.25, 0.3) is 12.3 Å². The molecule has 7 heteroatoms. The van der Waals surface area contributed by atoms with E-state index in [2.05, 4.69) is 20.4 Å². The molecule has 106 valence electrons. The number of rotatable bonds is 8. The Hall–Kier alpha value is -1.76. The van der Waals surface area contributed by atoms with E-state index >= 15 is 0 Å². The molecule has 1 rings (SSSR count). The molecule has 0 aliphatic carbocycles. The Balaban J connectivity index is 2.41. The van der Waals surface area contributed by atoms with E-state index in [1.165, 1.54) is 0 Å². The maximum Gasteiger partial charge on any atom is 0.261 e. The van der Waals surface area contributed by atoms with Crippen molar-refractivity contribution < 1.29 is 18.3 Å². The molecule has 19 heavy (non-hydrogen) atoms. The molecular formula is C12H17F2N3O2. The van der Waals surface area contributed by atoms with Gasteiger partial charge in [0.05, 0.1) is 12.2 Å². The van der Waals surface area contributed by atoms with Crippen LogP contribution >= 0.6 is 0 Å². The van der Waals surface area contributed by atoms with Gasteiger partial charge in [-0.2, -0.15) is 0 Å². The first-order valence-electron chi connectivity index (χ1n) is 5.98. The first-order chi connectivity index (χ1) is 9.15. The molecular weight excluding hydrogens is 256 g/mol. The maximum absolute atomic E-state index is 11.8. The Bertz CT molecular complexity index is 402. The Kier molecular flexibility index (Phi) is 6.73. The number of carbonyl (C=O) groups excluding carboxylic acids is 1. The number of pyridine rings is 1. The van der Waals surface area contributed by atoms with Crippen molar-refractivity contribution in [2.75, 3.05) is 31.6 Å².